The summed E-state index contributed by atoms with van der Waals surface area (Å²) >= 11 is 0. The molecule has 1 aromatic carbocycles. The van der Waals surface area contributed by atoms with Crippen molar-refractivity contribution < 1.29 is 9.13 Å². The molecule has 0 amide bonds. The maximum Gasteiger partial charge on any atom is 0.191 e. The molecule has 1 aromatic rings. The van der Waals surface area contributed by atoms with Gasteiger partial charge < -0.3 is 15.4 Å². The number of benzene rings is 1. The zero-order valence-electron chi connectivity index (χ0n) is 13.2. The highest BCUT2D eigenvalue weighted by atomic mass is 19.1. The summed E-state index contributed by atoms with van der Waals surface area (Å²) in [6.45, 7) is 5.71. The van der Waals surface area contributed by atoms with Gasteiger partial charge in [-0.1, -0.05) is 19.1 Å². The minimum absolute atomic E-state index is 0.322. The highest BCUT2D eigenvalue weighted by Gasteiger charge is 2.05. The number of ether oxygens (including phenoxy) is 1. The number of hydrogen-bond acceptors (Lipinski definition) is 2. The average Bonchev–Trinajstić information content (AvgIpc) is 2.50. The number of rotatable bonds is 8. The van der Waals surface area contributed by atoms with Crippen LogP contribution in [-0.2, 0) is 6.54 Å². The summed E-state index contributed by atoms with van der Waals surface area (Å²) in [5.41, 5.74) is 2.26. The lowest BCUT2D eigenvalue weighted by molar-refractivity contribution is 0.313. The summed E-state index contributed by atoms with van der Waals surface area (Å²) in [6.07, 6.45) is 1.46. The number of nitrogens with zero attached hydrogens (tertiary/aromatic N) is 1. The van der Waals surface area contributed by atoms with E-state index in [1.807, 2.05) is 13.0 Å². The van der Waals surface area contributed by atoms with Crippen LogP contribution in [0.4, 0.5) is 4.39 Å². The topological polar surface area (TPSA) is 45.6 Å². The molecule has 5 heteroatoms. The molecule has 0 bridgehead atoms. The Morgan fingerprint density at radius 1 is 1.33 bits per heavy atom. The molecule has 21 heavy (non-hydrogen) atoms. The zero-order chi connectivity index (χ0) is 15.5. The second kappa shape index (κ2) is 10.0. The van der Waals surface area contributed by atoms with Crippen LogP contribution in [0.5, 0.6) is 5.75 Å². The third-order valence-corrected chi connectivity index (χ3v) is 2.96. The van der Waals surface area contributed by atoms with Crippen LogP contribution < -0.4 is 15.4 Å². The van der Waals surface area contributed by atoms with Crippen molar-refractivity contribution in [1.29, 1.82) is 0 Å². The maximum atomic E-state index is 12.1. The molecule has 0 saturated heterocycles. The van der Waals surface area contributed by atoms with Gasteiger partial charge in [0, 0.05) is 25.7 Å². The van der Waals surface area contributed by atoms with Crippen molar-refractivity contribution in [2.45, 2.75) is 33.2 Å². The summed E-state index contributed by atoms with van der Waals surface area (Å²) in [4.78, 5) is 4.12. The van der Waals surface area contributed by atoms with E-state index in [9.17, 15) is 4.39 Å². The van der Waals surface area contributed by atoms with E-state index >= 15 is 0 Å². The van der Waals surface area contributed by atoms with Crippen molar-refractivity contribution in [2.75, 3.05) is 26.9 Å². The Balaban J connectivity index is 2.60. The number of halogens is 1. The molecular formula is C16H26FN3O. The van der Waals surface area contributed by atoms with Crippen molar-refractivity contribution in [3.8, 4) is 5.75 Å². The van der Waals surface area contributed by atoms with Crippen LogP contribution in [0.3, 0.4) is 0 Å². The van der Waals surface area contributed by atoms with Gasteiger partial charge in [-0.3, -0.25) is 9.38 Å². The molecule has 0 aliphatic rings. The van der Waals surface area contributed by atoms with Crippen molar-refractivity contribution in [2.24, 2.45) is 4.99 Å². The van der Waals surface area contributed by atoms with Crippen LogP contribution in [0.1, 0.15) is 30.9 Å². The first kappa shape index (κ1) is 17.3. The second-order valence-electron chi connectivity index (χ2n) is 4.85. The van der Waals surface area contributed by atoms with Crippen LogP contribution in [0, 0.1) is 6.92 Å². The average molecular weight is 295 g/mol. The number of guanidine groups is 1. The lowest BCUT2D eigenvalue weighted by Crippen LogP contribution is -2.37. The molecule has 0 atom stereocenters. The molecule has 0 spiro atoms. The normalized spacial score (nSPS) is 11.3. The van der Waals surface area contributed by atoms with E-state index in [-0.39, 0.29) is 6.67 Å². The molecule has 0 fully saturated rings. The maximum absolute atomic E-state index is 12.1. The first-order valence-electron chi connectivity index (χ1n) is 7.44. The van der Waals surface area contributed by atoms with Crippen molar-refractivity contribution in [1.82, 2.24) is 10.6 Å². The predicted octanol–water partition coefficient (Wildman–Crippen LogP) is 2.81. The molecule has 0 unspecified atom stereocenters. The molecule has 0 aromatic heterocycles. The zero-order valence-corrected chi connectivity index (χ0v) is 13.2. The number of aliphatic imine (C=N–C) groups is 1. The Kier molecular flexibility index (Phi) is 8.24. The highest BCUT2D eigenvalue weighted by Crippen LogP contribution is 2.20. The monoisotopic (exact) mass is 295 g/mol. The van der Waals surface area contributed by atoms with Gasteiger partial charge in [-0.25, -0.2) is 0 Å². The van der Waals surface area contributed by atoms with Crippen LogP contribution in [-0.4, -0.2) is 32.8 Å². The highest BCUT2D eigenvalue weighted by molar-refractivity contribution is 5.79. The van der Waals surface area contributed by atoms with Gasteiger partial charge in [-0.05, 0) is 31.4 Å². The van der Waals surface area contributed by atoms with Gasteiger partial charge in [0.15, 0.2) is 5.96 Å². The standard InChI is InChI=1S/C16H26FN3O/c1-4-10-21-15-11-13(2)6-7-14(15)12-20-16(18-3)19-9-5-8-17/h6-7,11H,4-5,8-10,12H2,1-3H3,(H2,18,19,20). The number of nitrogens with one attached hydrogen (secondary N) is 2. The Hall–Kier alpha value is -1.78. The molecule has 118 valence electrons. The summed E-state index contributed by atoms with van der Waals surface area (Å²) in [5.74, 6) is 1.58. The lowest BCUT2D eigenvalue weighted by Gasteiger charge is -2.15. The van der Waals surface area contributed by atoms with E-state index in [1.165, 1.54) is 5.56 Å². The number of hydrogen-bond donors (Lipinski definition) is 2. The minimum Gasteiger partial charge on any atom is -0.493 e. The molecular weight excluding hydrogens is 269 g/mol. The van der Waals surface area contributed by atoms with Crippen molar-refractivity contribution in [3.63, 3.8) is 0 Å². The molecule has 0 heterocycles. The summed E-state index contributed by atoms with van der Waals surface area (Å²) < 4.78 is 17.9. The first-order valence-corrected chi connectivity index (χ1v) is 7.44. The minimum atomic E-state index is -0.322. The quantitative estimate of drug-likeness (QED) is 0.440. The van der Waals surface area contributed by atoms with Gasteiger partial charge in [-0.15, -0.1) is 0 Å². The van der Waals surface area contributed by atoms with Crippen LogP contribution in [0.2, 0.25) is 0 Å². The number of aryl methyl sites for hydroxylation is 1. The van der Waals surface area contributed by atoms with E-state index in [2.05, 4.69) is 34.7 Å². The fourth-order valence-corrected chi connectivity index (χ4v) is 1.83. The van der Waals surface area contributed by atoms with Crippen molar-refractivity contribution >= 4 is 5.96 Å². The van der Waals surface area contributed by atoms with Crippen LogP contribution in [0.25, 0.3) is 0 Å². The van der Waals surface area contributed by atoms with Crippen molar-refractivity contribution in [3.05, 3.63) is 29.3 Å². The Morgan fingerprint density at radius 2 is 2.14 bits per heavy atom. The molecule has 4 nitrogen and oxygen atoms in total. The van der Waals surface area contributed by atoms with Gasteiger partial charge in [0.25, 0.3) is 0 Å². The SMILES string of the molecule is CCCOc1cc(C)ccc1CNC(=NC)NCCCF. The molecule has 2 N–H and O–H groups in total. The predicted molar refractivity (Wildman–Crippen MR) is 85.8 cm³/mol. The van der Waals surface area contributed by atoms with Gasteiger partial charge in [0.1, 0.15) is 5.75 Å². The van der Waals surface area contributed by atoms with Crippen LogP contribution in [0.15, 0.2) is 23.2 Å². The first-order chi connectivity index (χ1) is 10.2. The van der Waals surface area contributed by atoms with E-state index in [1.54, 1.807) is 7.05 Å². The van der Waals surface area contributed by atoms with Gasteiger partial charge >= 0.3 is 0 Å². The summed E-state index contributed by atoms with van der Waals surface area (Å²) in [6, 6.07) is 6.17. The van der Waals surface area contributed by atoms with E-state index in [0.717, 1.165) is 17.7 Å². The van der Waals surface area contributed by atoms with E-state index < -0.39 is 0 Å². The molecule has 0 saturated carbocycles. The second-order valence-corrected chi connectivity index (χ2v) is 4.85. The fraction of sp³-hybridized carbons (Fsp3) is 0.562. The van der Waals surface area contributed by atoms with E-state index in [0.29, 0.717) is 32.1 Å². The summed E-state index contributed by atoms with van der Waals surface area (Å²) in [5, 5.41) is 6.29. The van der Waals surface area contributed by atoms with E-state index in [4.69, 9.17) is 4.74 Å². The van der Waals surface area contributed by atoms with Gasteiger partial charge in [0.05, 0.1) is 13.3 Å². The molecule has 0 radical (unpaired) electrons. The third-order valence-electron chi connectivity index (χ3n) is 2.96. The Labute approximate surface area is 126 Å². The number of alkyl halides is 1. The smallest absolute Gasteiger partial charge is 0.191 e. The molecule has 0 aliphatic heterocycles. The van der Waals surface area contributed by atoms with Gasteiger partial charge in [-0.2, -0.15) is 0 Å². The van der Waals surface area contributed by atoms with Gasteiger partial charge in [0.2, 0.25) is 0 Å². The fourth-order valence-electron chi connectivity index (χ4n) is 1.83. The largest absolute Gasteiger partial charge is 0.493 e. The summed E-state index contributed by atoms with van der Waals surface area (Å²) in [7, 11) is 1.70. The van der Waals surface area contributed by atoms with Crippen LogP contribution >= 0.6 is 0 Å². The Morgan fingerprint density at radius 3 is 2.81 bits per heavy atom. The molecule has 1 rings (SSSR count). The lowest BCUT2D eigenvalue weighted by atomic mass is 10.1. The molecule has 0 aliphatic carbocycles. The Bertz CT molecular complexity index is 449. The third kappa shape index (κ3) is 6.47.